The summed E-state index contributed by atoms with van der Waals surface area (Å²) in [7, 11) is 1.52. The van der Waals surface area contributed by atoms with Gasteiger partial charge in [-0.05, 0) is 43.4 Å². The quantitative estimate of drug-likeness (QED) is 0.748. The van der Waals surface area contributed by atoms with Crippen LogP contribution >= 0.6 is 0 Å². The normalized spacial score (nSPS) is 14.0. The number of nitrogens with one attached hydrogen (secondary N) is 1. The maximum Gasteiger partial charge on any atom is 0.255 e. The summed E-state index contributed by atoms with van der Waals surface area (Å²) in [5.41, 5.74) is 7.17. The zero-order chi connectivity index (χ0) is 17.4. The number of allylic oxidation sites excluding steroid dienone is 1. The Labute approximate surface area is 142 Å². The van der Waals surface area contributed by atoms with Crippen LogP contribution in [0.25, 0.3) is 0 Å². The number of ether oxygens (including phenoxy) is 2. The molecular formula is C18H24N2O4. The molecule has 0 aromatic heterocycles. The summed E-state index contributed by atoms with van der Waals surface area (Å²) < 4.78 is 10.5. The highest BCUT2D eigenvalue weighted by molar-refractivity contribution is 5.88. The molecular weight excluding hydrogens is 308 g/mol. The zero-order valence-corrected chi connectivity index (χ0v) is 14.0. The van der Waals surface area contributed by atoms with Gasteiger partial charge >= 0.3 is 0 Å². The van der Waals surface area contributed by atoms with Crippen molar-refractivity contribution in [2.45, 2.75) is 38.6 Å². The van der Waals surface area contributed by atoms with Gasteiger partial charge in [0, 0.05) is 12.6 Å². The van der Waals surface area contributed by atoms with Crippen LogP contribution in [0.3, 0.4) is 0 Å². The van der Waals surface area contributed by atoms with E-state index in [0.29, 0.717) is 18.0 Å². The Morgan fingerprint density at radius 2 is 1.96 bits per heavy atom. The van der Waals surface area contributed by atoms with Gasteiger partial charge in [-0.15, -0.1) is 0 Å². The van der Waals surface area contributed by atoms with Gasteiger partial charge < -0.3 is 20.5 Å². The van der Waals surface area contributed by atoms with E-state index in [0.717, 1.165) is 18.4 Å². The van der Waals surface area contributed by atoms with Crippen molar-refractivity contribution in [1.29, 1.82) is 0 Å². The van der Waals surface area contributed by atoms with Crippen molar-refractivity contribution >= 4 is 11.8 Å². The second-order valence-electron chi connectivity index (χ2n) is 5.82. The van der Waals surface area contributed by atoms with Crippen LogP contribution in [-0.4, -0.2) is 25.5 Å². The predicted molar refractivity (Wildman–Crippen MR) is 90.7 cm³/mol. The Bertz CT molecular complexity index is 617. The van der Waals surface area contributed by atoms with Crippen molar-refractivity contribution in [3.8, 4) is 11.5 Å². The highest BCUT2D eigenvalue weighted by Gasteiger charge is 2.09. The Morgan fingerprint density at radius 1 is 1.21 bits per heavy atom. The second kappa shape index (κ2) is 8.96. The number of carbonyl (C=O) groups excluding carboxylic acids is 2. The van der Waals surface area contributed by atoms with Crippen LogP contribution in [0.2, 0.25) is 0 Å². The van der Waals surface area contributed by atoms with Gasteiger partial charge in [-0.2, -0.15) is 0 Å². The number of hydrogen-bond donors (Lipinski definition) is 2. The lowest BCUT2D eigenvalue weighted by molar-refractivity contribution is -0.120. The molecule has 0 radical (unpaired) electrons. The van der Waals surface area contributed by atoms with Gasteiger partial charge in [0.05, 0.1) is 7.11 Å². The summed E-state index contributed by atoms with van der Waals surface area (Å²) in [6, 6.07) is 5.28. The molecule has 130 valence electrons. The number of methoxy groups -OCH3 is 1. The molecule has 0 saturated heterocycles. The second-order valence-corrected chi connectivity index (χ2v) is 5.82. The van der Waals surface area contributed by atoms with Crippen LogP contribution in [0.5, 0.6) is 11.5 Å². The fourth-order valence-corrected chi connectivity index (χ4v) is 2.67. The molecule has 0 spiro atoms. The first-order valence-corrected chi connectivity index (χ1v) is 8.14. The summed E-state index contributed by atoms with van der Waals surface area (Å²) in [4.78, 5) is 22.8. The van der Waals surface area contributed by atoms with Gasteiger partial charge in [-0.25, -0.2) is 0 Å². The minimum absolute atomic E-state index is 0.0695. The van der Waals surface area contributed by atoms with E-state index in [1.807, 2.05) is 6.07 Å². The summed E-state index contributed by atoms with van der Waals surface area (Å²) >= 11 is 0. The third-order valence-electron chi connectivity index (χ3n) is 3.90. The van der Waals surface area contributed by atoms with Gasteiger partial charge in [0.25, 0.3) is 5.91 Å². The van der Waals surface area contributed by atoms with Crippen molar-refractivity contribution in [2.24, 2.45) is 5.73 Å². The van der Waals surface area contributed by atoms with Gasteiger partial charge in [-0.3, -0.25) is 9.59 Å². The molecule has 24 heavy (non-hydrogen) atoms. The largest absolute Gasteiger partial charge is 0.493 e. The van der Waals surface area contributed by atoms with Crippen LogP contribution in [0.4, 0.5) is 0 Å². The number of primary amides is 1. The minimum Gasteiger partial charge on any atom is -0.493 e. The van der Waals surface area contributed by atoms with Gasteiger partial charge in [0.2, 0.25) is 5.91 Å². The zero-order valence-electron chi connectivity index (χ0n) is 14.0. The molecule has 0 unspecified atom stereocenters. The van der Waals surface area contributed by atoms with E-state index >= 15 is 0 Å². The molecule has 6 nitrogen and oxygen atoms in total. The van der Waals surface area contributed by atoms with Gasteiger partial charge in [-0.1, -0.05) is 18.1 Å². The monoisotopic (exact) mass is 332 g/mol. The average molecular weight is 332 g/mol. The fourth-order valence-electron chi connectivity index (χ4n) is 2.67. The molecule has 1 fully saturated rings. The summed E-state index contributed by atoms with van der Waals surface area (Å²) in [5, 5.41) is 2.88. The topological polar surface area (TPSA) is 90.7 Å². The number of benzene rings is 1. The van der Waals surface area contributed by atoms with E-state index in [1.54, 1.807) is 18.2 Å². The van der Waals surface area contributed by atoms with Crippen molar-refractivity contribution in [3.63, 3.8) is 0 Å². The van der Waals surface area contributed by atoms with Crippen LogP contribution in [0, 0.1) is 0 Å². The summed E-state index contributed by atoms with van der Waals surface area (Å²) in [6.45, 7) is 0.190. The number of amides is 2. The fraction of sp³-hybridized carbons (Fsp3) is 0.444. The Hall–Kier alpha value is -2.50. The molecule has 1 aliphatic rings. The Balaban J connectivity index is 1.92. The van der Waals surface area contributed by atoms with Crippen molar-refractivity contribution < 1.29 is 19.1 Å². The molecule has 1 saturated carbocycles. The molecule has 0 atom stereocenters. The van der Waals surface area contributed by atoms with E-state index in [2.05, 4.69) is 5.32 Å². The van der Waals surface area contributed by atoms with E-state index < -0.39 is 5.91 Å². The molecule has 1 aromatic carbocycles. The van der Waals surface area contributed by atoms with Crippen molar-refractivity contribution in [2.75, 3.05) is 13.7 Å². The van der Waals surface area contributed by atoms with E-state index in [1.165, 1.54) is 31.9 Å². The van der Waals surface area contributed by atoms with Crippen molar-refractivity contribution in [1.82, 2.24) is 5.32 Å². The first-order valence-electron chi connectivity index (χ1n) is 8.14. The van der Waals surface area contributed by atoms with E-state index in [4.69, 9.17) is 15.2 Å². The highest BCUT2D eigenvalue weighted by atomic mass is 16.5. The van der Waals surface area contributed by atoms with Crippen LogP contribution in [0.1, 0.15) is 37.7 Å². The average Bonchev–Trinajstić information content (AvgIpc) is 2.59. The molecule has 1 aromatic rings. The lowest BCUT2D eigenvalue weighted by Crippen LogP contribution is -2.21. The molecule has 0 bridgehead atoms. The minimum atomic E-state index is -0.552. The smallest absolute Gasteiger partial charge is 0.255 e. The molecule has 2 rings (SSSR count). The molecule has 2 amide bonds. The number of carbonyl (C=O) groups is 2. The molecule has 0 aliphatic heterocycles. The number of nitrogens with two attached hydrogens (primary N) is 1. The highest BCUT2D eigenvalue weighted by Crippen LogP contribution is 2.28. The van der Waals surface area contributed by atoms with Crippen LogP contribution in [-0.2, 0) is 16.1 Å². The SMILES string of the molecule is COc1cc(CNC(=O)C=C2CCCCC2)ccc1OCC(N)=O. The Kier molecular flexibility index (Phi) is 6.66. The van der Waals surface area contributed by atoms with E-state index in [-0.39, 0.29) is 12.5 Å². The predicted octanol–water partition coefficient (Wildman–Crippen LogP) is 2.07. The summed E-state index contributed by atoms with van der Waals surface area (Å²) in [5.74, 6) is 0.313. The lowest BCUT2D eigenvalue weighted by atomic mass is 9.94. The standard InChI is InChI=1S/C18H24N2O4/c1-23-16-9-14(7-8-15(16)24-12-17(19)21)11-20-18(22)10-13-5-3-2-4-6-13/h7-10H,2-6,11-12H2,1H3,(H2,19,21)(H,20,22). The van der Waals surface area contributed by atoms with Crippen molar-refractivity contribution in [3.05, 3.63) is 35.4 Å². The van der Waals surface area contributed by atoms with Gasteiger partial charge in [0.1, 0.15) is 0 Å². The van der Waals surface area contributed by atoms with Gasteiger partial charge in [0.15, 0.2) is 18.1 Å². The lowest BCUT2D eigenvalue weighted by Gasteiger charge is -2.13. The maximum atomic E-state index is 12.0. The summed E-state index contributed by atoms with van der Waals surface area (Å²) in [6.07, 6.45) is 7.36. The van der Waals surface area contributed by atoms with E-state index in [9.17, 15) is 9.59 Å². The van der Waals surface area contributed by atoms with Crippen LogP contribution < -0.4 is 20.5 Å². The number of hydrogen-bond acceptors (Lipinski definition) is 4. The molecule has 1 aliphatic carbocycles. The first-order chi connectivity index (χ1) is 11.6. The third-order valence-corrected chi connectivity index (χ3v) is 3.90. The Morgan fingerprint density at radius 3 is 2.62 bits per heavy atom. The molecule has 3 N–H and O–H groups in total. The third kappa shape index (κ3) is 5.61. The van der Waals surface area contributed by atoms with Crippen LogP contribution in [0.15, 0.2) is 29.8 Å². The molecule has 6 heteroatoms. The molecule has 0 heterocycles. The first kappa shape index (κ1) is 17.8. The number of rotatable bonds is 7. The maximum absolute atomic E-state index is 12.0.